The summed E-state index contributed by atoms with van der Waals surface area (Å²) >= 11 is 0. The van der Waals surface area contributed by atoms with Gasteiger partial charge in [0.15, 0.2) is 0 Å². The van der Waals surface area contributed by atoms with Crippen molar-refractivity contribution in [3.8, 4) is 11.1 Å². The van der Waals surface area contributed by atoms with Crippen molar-refractivity contribution in [2.45, 2.75) is 6.54 Å². The molecule has 1 amide bonds. The molecule has 21 heavy (non-hydrogen) atoms. The van der Waals surface area contributed by atoms with Crippen LogP contribution >= 0.6 is 0 Å². The van der Waals surface area contributed by atoms with Gasteiger partial charge in [-0.05, 0) is 17.7 Å². The molecule has 0 atom stereocenters. The van der Waals surface area contributed by atoms with E-state index in [0.717, 1.165) is 11.1 Å². The number of carbonyl (C=O) groups is 1. The normalized spacial score (nSPS) is 10.5. The molecule has 0 aliphatic heterocycles. The summed E-state index contributed by atoms with van der Waals surface area (Å²) < 4.78 is 0. The van der Waals surface area contributed by atoms with Crippen molar-refractivity contribution >= 4 is 5.91 Å². The smallest absolute Gasteiger partial charge is 0.340 e. The Labute approximate surface area is 118 Å². The molecule has 3 aromatic rings. The number of aromatic nitrogens is 5. The number of amides is 1. The van der Waals surface area contributed by atoms with E-state index in [0.29, 0.717) is 11.4 Å². The van der Waals surface area contributed by atoms with Gasteiger partial charge < -0.3 is 5.32 Å². The monoisotopic (exact) mass is 284 g/mol. The van der Waals surface area contributed by atoms with Crippen LogP contribution in [-0.2, 0) is 6.54 Å². The molecular formula is C13H12N6O2. The van der Waals surface area contributed by atoms with E-state index in [1.54, 1.807) is 30.6 Å². The lowest BCUT2D eigenvalue weighted by Crippen LogP contribution is -2.23. The van der Waals surface area contributed by atoms with Gasteiger partial charge in [-0.2, -0.15) is 10.2 Å². The molecule has 0 aliphatic rings. The van der Waals surface area contributed by atoms with Gasteiger partial charge >= 0.3 is 5.69 Å². The summed E-state index contributed by atoms with van der Waals surface area (Å²) in [5.74, 6) is 0.128. The second-order valence-corrected chi connectivity index (χ2v) is 4.37. The van der Waals surface area contributed by atoms with E-state index in [-0.39, 0.29) is 12.5 Å². The fraction of sp³-hybridized carbons (Fsp3) is 0.0769. The van der Waals surface area contributed by atoms with E-state index in [1.807, 2.05) is 6.07 Å². The number of H-pyrrole nitrogens is 3. The molecule has 0 fully saturated rings. The number of nitrogens with one attached hydrogen (secondary N) is 4. The van der Waals surface area contributed by atoms with E-state index in [9.17, 15) is 9.59 Å². The molecule has 0 radical (unpaired) electrons. The maximum atomic E-state index is 12.1. The molecule has 8 heteroatoms. The van der Waals surface area contributed by atoms with Crippen LogP contribution in [0.5, 0.6) is 0 Å². The number of benzene rings is 1. The van der Waals surface area contributed by atoms with Crippen LogP contribution in [0.15, 0.2) is 41.5 Å². The van der Waals surface area contributed by atoms with E-state index in [2.05, 4.69) is 30.7 Å². The zero-order valence-electron chi connectivity index (χ0n) is 10.9. The predicted molar refractivity (Wildman–Crippen MR) is 74.4 cm³/mol. The number of hydrogen-bond donors (Lipinski definition) is 4. The Bertz CT molecular complexity index is 802. The van der Waals surface area contributed by atoms with Crippen LogP contribution in [0, 0.1) is 0 Å². The first-order chi connectivity index (χ1) is 10.2. The van der Waals surface area contributed by atoms with Crippen LogP contribution < -0.4 is 11.0 Å². The van der Waals surface area contributed by atoms with Gasteiger partial charge in [-0.15, -0.1) is 0 Å². The zero-order chi connectivity index (χ0) is 14.7. The number of nitrogens with zero attached hydrogens (tertiary/aromatic N) is 2. The highest BCUT2D eigenvalue weighted by molar-refractivity contribution is 5.95. The maximum absolute atomic E-state index is 12.1. The number of hydrogen-bond acceptors (Lipinski definition) is 4. The van der Waals surface area contributed by atoms with E-state index in [1.165, 1.54) is 0 Å². The van der Waals surface area contributed by atoms with Crippen molar-refractivity contribution in [1.82, 2.24) is 30.7 Å². The third kappa shape index (κ3) is 2.89. The van der Waals surface area contributed by atoms with Crippen LogP contribution in [-0.4, -0.2) is 31.3 Å². The van der Waals surface area contributed by atoms with Gasteiger partial charge in [-0.3, -0.25) is 14.9 Å². The summed E-state index contributed by atoms with van der Waals surface area (Å²) in [5, 5.41) is 15.3. The molecule has 1 aromatic carbocycles. The van der Waals surface area contributed by atoms with Gasteiger partial charge in [-0.1, -0.05) is 12.1 Å². The molecule has 0 bridgehead atoms. The third-order valence-corrected chi connectivity index (χ3v) is 2.92. The van der Waals surface area contributed by atoms with Crippen LogP contribution in [0.2, 0.25) is 0 Å². The summed E-state index contributed by atoms with van der Waals surface area (Å²) in [6.45, 7) is 0.146. The predicted octanol–water partition coefficient (Wildman–Crippen LogP) is 0.418. The molecule has 0 spiro atoms. The van der Waals surface area contributed by atoms with E-state index < -0.39 is 5.69 Å². The van der Waals surface area contributed by atoms with Gasteiger partial charge in [0.2, 0.25) is 0 Å². The van der Waals surface area contributed by atoms with Gasteiger partial charge in [0, 0.05) is 17.3 Å². The summed E-state index contributed by atoms with van der Waals surface area (Å²) in [7, 11) is 0. The minimum Gasteiger partial charge on any atom is -0.345 e. The fourth-order valence-corrected chi connectivity index (χ4v) is 1.90. The topological polar surface area (TPSA) is 119 Å². The van der Waals surface area contributed by atoms with Crippen molar-refractivity contribution in [2.24, 2.45) is 0 Å². The van der Waals surface area contributed by atoms with Gasteiger partial charge in [-0.25, -0.2) is 9.89 Å². The maximum Gasteiger partial charge on any atom is 0.340 e. The van der Waals surface area contributed by atoms with E-state index in [4.69, 9.17) is 0 Å². The first-order valence-corrected chi connectivity index (χ1v) is 6.23. The zero-order valence-corrected chi connectivity index (χ0v) is 10.9. The van der Waals surface area contributed by atoms with Crippen LogP contribution in [0.4, 0.5) is 0 Å². The molecule has 106 valence electrons. The standard InChI is InChI=1S/C13H12N6O2/c20-12(14-7-11-17-13(21)19-18-11)9-3-1-2-8(4-9)10-5-15-16-6-10/h1-6H,7H2,(H,14,20)(H,15,16)(H2,17,18,19,21). The largest absolute Gasteiger partial charge is 0.345 e. The lowest BCUT2D eigenvalue weighted by Gasteiger charge is -2.04. The van der Waals surface area contributed by atoms with Crippen molar-refractivity contribution in [2.75, 3.05) is 0 Å². The summed E-state index contributed by atoms with van der Waals surface area (Å²) in [6.07, 6.45) is 3.44. The lowest BCUT2D eigenvalue weighted by molar-refractivity contribution is 0.0950. The SMILES string of the molecule is O=C(NCc1n[nH]c(=O)[nH]1)c1cccc(-c2cn[nH]c2)c1. The van der Waals surface area contributed by atoms with E-state index >= 15 is 0 Å². The highest BCUT2D eigenvalue weighted by Crippen LogP contribution is 2.18. The summed E-state index contributed by atoms with van der Waals surface area (Å²) in [5.41, 5.74) is 1.92. The summed E-state index contributed by atoms with van der Waals surface area (Å²) in [6, 6.07) is 7.18. The molecular weight excluding hydrogens is 272 g/mol. The second kappa shape index (κ2) is 5.45. The molecule has 2 aromatic heterocycles. The second-order valence-electron chi connectivity index (χ2n) is 4.37. The minimum atomic E-state index is -0.402. The van der Waals surface area contributed by atoms with Gasteiger partial charge in [0.05, 0.1) is 12.7 Å². The molecule has 0 unspecified atom stereocenters. The molecule has 4 N–H and O–H groups in total. The Morgan fingerprint density at radius 2 is 2.19 bits per heavy atom. The quantitative estimate of drug-likeness (QED) is 0.555. The van der Waals surface area contributed by atoms with Crippen LogP contribution in [0.1, 0.15) is 16.2 Å². The van der Waals surface area contributed by atoms with Crippen LogP contribution in [0.25, 0.3) is 11.1 Å². The number of carbonyl (C=O) groups excluding carboxylic acids is 1. The Hall–Kier alpha value is -3.16. The van der Waals surface area contributed by atoms with Gasteiger partial charge in [0.1, 0.15) is 5.82 Å². The van der Waals surface area contributed by atoms with Crippen LogP contribution in [0.3, 0.4) is 0 Å². The Balaban J connectivity index is 1.72. The first-order valence-electron chi connectivity index (χ1n) is 6.23. The molecule has 2 heterocycles. The van der Waals surface area contributed by atoms with Crippen molar-refractivity contribution in [1.29, 1.82) is 0 Å². The van der Waals surface area contributed by atoms with Gasteiger partial charge in [0.25, 0.3) is 5.91 Å². The lowest BCUT2D eigenvalue weighted by atomic mass is 10.1. The molecule has 3 rings (SSSR count). The average Bonchev–Trinajstić information content (AvgIpc) is 3.16. The van der Waals surface area contributed by atoms with Crippen molar-refractivity contribution in [3.63, 3.8) is 0 Å². The summed E-state index contributed by atoms with van der Waals surface area (Å²) in [4.78, 5) is 25.4. The number of rotatable bonds is 4. The molecule has 8 nitrogen and oxygen atoms in total. The minimum absolute atomic E-state index is 0.146. The Kier molecular flexibility index (Phi) is 3.34. The Morgan fingerprint density at radius 3 is 2.90 bits per heavy atom. The van der Waals surface area contributed by atoms with Crippen molar-refractivity contribution < 1.29 is 4.79 Å². The highest BCUT2D eigenvalue weighted by Gasteiger charge is 2.08. The Morgan fingerprint density at radius 1 is 1.29 bits per heavy atom. The highest BCUT2D eigenvalue weighted by atomic mass is 16.2. The molecule has 0 saturated heterocycles. The first kappa shape index (κ1) is 12.9. The molecule has 0 saturated carbocycles. The molecule has 0 aliphatic carbocycles. The van der Waals surface area contributed by atoms with Crippen molar-refractivity contribution in [3.05, 3.63) is 58.5 Å². The fourth-order valence-electron chi connectivity index (χ4n) is 1.90. The third-order valence-electron chi connectivity index (χ3n) is 2.92. The number of aromatic amines is 3. The average molecular weight is 284 g/mol.